The van der Waals surface area contributed by atoms with E-state index in [1.165, 1.54) is 22.2 Å². The van der Waals surface area contributed by atoms with Gasteiger partial charge in [0.1, 0.15) is 0 Å². The first-order valence-electron chi connectivity index (χ1n) is 2.51. The zero-order valence-electron chi connectivity index (χ0n) is 4.89. The van der Waals surface area contributed by atoms with Crippen molar-refractivity contribution in [2.75, 3.05) is 0 Å². The van der Waals surface area contributed by atoms with Crippen molar-refractivity contribution in [3.8, 4) is 0 Å². The Morgan fingerprint density at radius 1 is 1.80 bits per heavy atom. The third kappa shape index (κ3) is 1.31. The fourth-order valence-electron chi connectivity index (χ4n) is 0.483. The Kier molecular flexibility index (Phi) is 1.98. The molecule has 0 bridgehead atoms. The van der Waals surface area contributed by atoms with E-state index < -0.39 is 12.1 Å². The molecule has 1 aromatic heterocycles. The van der Waals surface area contributed by atoms with Crippen LogP contribution >= 0.6 is 11.3 Å². The lowest BCUT2D eigenvalue weighted by atomic mass is 10.3. The number of hydrogen-bond donors (Lipinski definition) is 2. The van der Waals surface area contributed by atoms with E-state index in [4.69, 9.17) is 10.2 Å². The second-order valence-corrected chi connectivity index (χ2v) is 2.37. The zero-order chi connectivity index (χ0) is 7.56. The highest BCUT2D eigenvalue weighted by Crippen LogP contribution is 2.11. The highest BCUT2D eigenvalue weighted by molar-refractivity contribution is 7.07. The Morgan fingerprint density at radius 3 is 2.90 bits per heavy atom. The van der Waals surface area contributed by atoms with Gasteiger partial charge in [0.15, 0.2) is 6.10 Å². The summed E-state index contributed by atoms with van der Waals surface area (Å²) in [5.41, 5.74) is 1.67. The number of carbonyl (C=O) groups is 1. The third-order valence-electron chi connectivity index (χ3n) is 0.965. The van der Waals surface area contributed by atoms with Gasteiger partial charge in [0.25, 0.3) is 0 Å². The van der Waals surface area contributed by atoms with Gasteiger partial charge in [-0.25, -0.2) is 9.78 Å². The van der Waals surface area contributed by atoms with Crippen LogP contribution < -0.4 is 0 Å². The van der Waals surface area contributed by atoms with E-state index in [2.05, 4.69) is 4.98 Å². The van der Waals surface area contributed by atoms with Crippen LogP contribution in [-0.4, -0.2) is 21.2 Å². The minimum absolute atomic E-state index is 0.192. The van der Waals surface area contributed by atoms with Crippen molar-refractivity contribution in [3.63, 3.8) is 0 Å². The minimum Gasteiger partial charge on any atom is -0.479 e. The summed E-state index contributed by atoms with van der Waals surface area (Å²) in [6, 6.07) is 0. The maximum Gasteiger partial charge on any atom is 0.338 e. The molecule has 1 unspecified atom stereocenters. The van der Waals surface area contributed by atoms with Gasteiger partial charge >= 0.3 is 5.97 Å². The Bertz CT molecular complexity index is 221. The van der Waals surface area contributed by atoms with Crippen molar-refractivity contribution < 1.29 is 15.0 Å². The van der Waals surface area contributed by atoms with Crippen molar-refractivity contribution in [1.82, 2.24) is 4.98 Å². The number of aliphatic hydroxyl groups is 1. The predicted molar refractivity (Wildman–Crippen MR) is 34.7 cm³/mol. The summed E-state index contributed by atoms with van der Waals surface area (Å²) in [5, 5.41) is 18.6. The fourth-order valence-corrected chi connectivity index (χ4v) is 1.06. The summed E-state index contributed by atoms with van der Waals surface area (Å²) < 4.78 is 0. The van der Waals surface area contributed by atoms with Gasteiger partial charge in [-0.15, -0.1) is 11.3 Å². The number of nitrogens with zero attached hydrogens (tertiary/aromatic N) is 1. The zero-order valence-corrected chi connectivity index (χ0v) is 5.71. The molecule has 10 heavy (non-hydrogen) atoms. The molecule has 4 nitrogen and oxygen atoms in total. The predicted octanol–water partition coefficient (Wildman–Crippen LogP) is 0.261. The Hall–Kier alpha value is -0.940. The van der Waals surface area contributed by atoms with Gasteiger partial charge in [-0.2, -0.15) is 0 Å². The van der Waals surface area contributed by atoms with Crippen LogP contribution in [0.3, 0.4) is 0 Å². The third-order valence-corrected chi connectivity index (χ3v) is 1.57. The summed E-state index contributed by atoms with van der Waals surface area (Å²) >= 11 is 1.25. The lowest BCUT2D eigenvalue weighted by Crippen LogP contribution is -2.10. The molecular weight excluding hydrogens is 154 g/mol. The van der Waals surface area contributed by atoms with Crippen molar-refractivity contribution in [2.45, 2.75) is 6.10 Å². The van der Waals surface area contributed by atoms with Gasteiger partial charge in [-0.05, 0) is 0 Å². The molecule has 0 aliphatic rings. The molecule has 0 saturated carbocycles. The van der Waals surface area contributed by atoms with Gasteiger partial charge in [-0.1, -0.05) is 0 Å². The summed E-state index contributed by atoms with van der Waals surface area (Å²) in [6.45, 7) is 0. The summed E-state index contributed by atoms with van der Waals surface area (Å²) in [4.78, 5) is 13.7. The first kappa shape index (κ1) is 7.17. The van der Waals surface area contributed by atoms with E-state index in [0.717, 1.165) is 0 Å². The number of aliphatic carboxylic acids is 1. The molecular formula is C5H5NO3S. The number of carboxylic acids is 1. The maximum absolute atomic E-state index is 10.1. The van der Waals surface area contributed by atoms with Gasteiger partial charge in [0.2, 0.25) is 0 Å². The van der Waals surface area contributed by atoms with Crippen LogP contribution in [0.4, 0.5) is 0 Å². The van der Waals surface area contributed by atoms with Crippen molar-refractivity contribution >= 4 is 17.3 Å². The number of rotatable bonds is 2. The molecule has 1 atom stereocenters. The van der Waals surface area contributed by atoms with Crippen LogP contribution in [0, 0.1) is 0 Å². The molecule has 0 aromatic carbocycles. The number of carboxylic acid groups (broad SMARTS) is 1. The highest BCUT2D eigenvalue weighted by Gasteiger charge is 2.16. The van der Waals surface area contributed by atoms with Crippen LogP contribution in [-0.2, 0) is 4.79 Å². The molecule has 2 N–H and O–H groups in total. The summed E-state index contributed by atoms with van der Waals surface area (Å²) in [7, 11) is 0. The molecule has 0 aliphatic carbocycles. The molecule has 1 heterocycles. The van der Waals surface area contributed by atoms with Gasteiger partial charge in [-0.3, -0.25) is 0 Å². The van der Waals surface area contributed by atoms with E-state index in [1.807, 2.05) is 0 Å². The number of hydrogen-bond acceptors (Lipinski definition) is 4. The van der Waals surface area contributed by atoms with Crippen LogP contribution in [0.2, 0.25) is 0 Å². The molecule has 54 valence electrons. The van der Waals surface area contributed by atoms with Crippen molar-refractivity contribution in [1.29, 1.82) is 0 Å². The standard InChI is InChI=1S/C5H5NO3S/c7-4(5(8)9)3-1-10-2-6-3/h1-2,4,7H,(H,8,9). The summed E-state index contributed by atoms with van der Waals surface area (Å²) in [6.07, 6.45) is -1.48. The average molecular weight is 159 g/mol. The Balaban J connectivity index is 2.77. The topological polar surface area (TPSA) is 70.4 Å². The smallest absolute Gasteiger partial charge is 0.338 e. The van der Waals surface area contributed by atoms with Gasteiger partial charge in [0, 0.05) is 5.38 Å². The molecule has 0 radical (unpaired) electrons. The van der Waals surface area contributed by atoms with Gasteiger partial charge in [0.05, 0.1) is 11.2 Å². The largest absolute Gasteiger partial charge is 0.479 e. The maximum atomic E-state index is 10.1. The molecule has 0 saturated heterocycles. The quantitative estimate of drug-likeness (QED) is 0.649. The normalized spacial score (nSPS) is 12.9. The molecule has 5 heteroatoms. The van der Waals surface area contributed by atoms with E-state index in [0.29, 0.717) is 0 Å². The van der Waals surface area contributed by atoms with Crippen LogP contribution in [0.25, 0.3) is 0 Å². The first-order chi connectivity index (χ1) is 4.72. The van der Waals surface area contributed by atoms with E-state index in [-0.39, 0.29) is 5.69 Å². The van der Waals surface area contributed by atoms with Crippen LogP contribution in [0.1, 0.15) is 11.8 Å². The van der Waals surface area contributed by atoms with Gasteiger partial charge < -0.3 is 10.2 Å². The van der Waals surface area contributed by atoms with E-state index in [9.17, 15) is 4.79 Å². The minimum atomic E-state index is -1.48. The average Bonchev–Trinajstić information content (AvgIpc) is 2.36. The molecule has 0 fully saturated rings. The highest BCUT2D eigenvalue weighted by atomic mass is 32.1. The molecule has 0 aliphatic heterocycles. The lowest BCUT2D eigenvalue weighted by Gasteiger charge is -1.97. The number of aromatic nitrogens is 1. The molecule has 0 amide bonds. The second kappa shape index (κ2) is 2.76. The first-order valence-corrected chi connectivity index (χ1v) is 3.45. The lowest BCUT2D eigenvalue weighted by molar-refractivity contribution is -0.147. The van der Waals surface area contributed by atoms with Crippen molar-refractivity contribution in [2.24, 2.45) is 0 Å². The number of thiazole rings is 1. The monoisotopic (exact) mass is 159 g/mol. The molecule has 1 aromatic rings. The van der Waals surface area contributed by atoms with Crippen LogP contribution in [0.15, 0.2) is 10.9 Å². The Morgan fingerprint density at radius 2 is 2.50 bits per heavy atom. The Labute approximate surface area is 60.8 Å². The number of aliphatic hydroxyl groups excluding tert-OH is 1. The van der Waals surface area contributed by atoms with Crippen molar-refractivity contribution in [3.05, 3.63) is 16.6 Å². The molecule has 0 spiro atoms. The molecule has 1 rings (SSSR count). The summed E-state index contributed by atoms with van der Waals surface area (Å²) in [5.74, 6) is -1.27. The fraction of sp³-hybridized carbons (Fsp3) is 0.200. The van der Waals surface area contributed by atoms with E-state index in [1.54, 1.807) is 0 Å². The second-order valence-electron chi connectivity index (χ2n) is 1.65. The SMILES string of the molecule is O=C(O)C(O)c1cscn1. The van der Waals surface area contributed by atoms with Crippen LogP contribution in [0.5, 0.6) is 0 Å². The van der Waals surface area contributed by atoms with E-state index >= 15 is 0 Å².